The number of likely N-dealkylation sites (tertiary alicyclic amines) is 1. The lowest BCUT2D eigenvalue weighted by Crippen LogP contribution is -2.41. The Morgan fingerprint density at radius 2 is 1.93 bits per heavy atom. The zero-order chi connectivity index (χ0) is 21.9. The van der Waals surface area contributed by atoms with E-state index in [0.29, 0.717) is 35.7 Å². The van der Waals surface area contributed by atoms with Crippen molar-refractivity contribution >= 4 is 11.9 Å². The van der Waals surface area contributed by atoms with Gasteiger partial charge >= 0.3 is 6.18 Å². The van der Waals surface area contributed by atoms with Crippen molar-refractivity contribution in [2.45, 2.75) is 31.5 Å². The molecule has 6 nitrogen and oxygen atoms in total. The summed E-state index contributed by atoms with van der Waals surface area (Å²) in [6.07, 6.45) is -0.261. The van der Waals surface area contributed by atoms with Gasteiger partial charge in [-0.1, -0.05) is 12.1 Å². The molecule has 0 N–H and O–H groups in total. The minimum atomic E-state index is -4.40. The van der Waals surface area contributed by atoms with Crippen LogP contribution in [0.25, 0.3) is 11.1 Å². The average Bonchev–Trinajstić information content (AvgIpc) is 2.73. The summed E-state index contributed by atoms with van der Waals surface area (Å²) >= 11 is 0. The third kappa shape index (κ3) is 4.72. The highest BCUT2D eigenvalue weighted by atomic mass is 19.4. The SMILES string of the molecule is COCC(=O)N1CCCC[C@@H]1c1nc(N(C)C)ncc1-c1ccc(C(F)(F)F)cc1. The highest BCUT2D eigenvalue weighted by Crippen LogP contribution is 2.37. The predicted molar refractivity (Wildman–Crippen MR) is 107 cm³/mol. The summed E-state index contributed by atoms with van der Waals surface area (Å²) in [7, 11) is 5.09. The standard InChI is InChI=1S/C21H25F3N4O2/c1-27(2)20-25-12-16(14-7-9-15(10-8-14)21(22,23)24)19(26-20)17-6-4-5-11-28(17)18(29)13-30-3/h7-10,12,17H,4-6,11,13H2,1-3H3/t17-/m1/s1. The molecule has 1 aromatic heterocycles. The van der Waals surface area contributed by atoms with E-state index in [4.69, 9.17) is 9.72 Å². The van der Waals surface area contributed by atoms with E-state index in [-0.39, 0.29) is 18.6 Å². The summed E-state index contributed by atoms with van der Waals surface area (Å²) in [5.74, 6) is 0.343. The van der Waals surface area contributed by atoms with E-state index in [1.807, 2.05) is 14.1 Å². The number of aromatic nitrogens is 2. The number of anilines is 1. The number of nitrogens with zero attached hydrogens (tertiary/aromatic N) is 4. The first-order valence-corrected chi connectivity index (χ1v) is 9.72. The maximum absolute atomic E-state index is 13.0. The molecule has 1 fully saturated rings. The molecule has 1 aliphatic rings. The van der Waals surface area contributed by atoms with Crippen LogP contribution < -0.4 is 4.90 Å². The first kappa shape index (κ1) is 22.0. The number of amides is 1. The van der Waals surface area contributed by atoms with Crippen molar-refractivity contribution in [3.63, 3.8) is 0 Å². The third-order valence-electron chi connectivity index (χ3n) is 5.14. The van der Waals surface area contributed by atoms with E-state index >= 15 is 0 Å². The van der Waals surface area contributed by atoms with Crippen LogP contribution in [0.4, 0.5) is 19.1 Å². The Labute approximate surface area is 173 Å². The van der Waals surface area contributed by atoms with Crippen LogP contribution in [0.1, 0.15) is 36.6 Å². The Morgan fingerprint density at radius 3 is 2.53 bits per heavy atom. The van der Waals surface area contributed by atoms with Gasteiger partial charge in [-0.05, 0) is 37.0 Å². The van der Waals surface area contributed by atoms with Crippen LogP contribution in [0.5, 0.6) is 0 Å². The third-order valence-corrected chi connectivity index (χ3v) is 5.14. The molecule has 3 rings (SSSR count). The Hall–Kier alpha value is -2.68. The monoisotopic (exact) mass is 422 g/mol. The number of alkyl halides is 3. The van der Waals surface area contributed by atoms with Crippen LogP contribution in [-0.2, 0) is 15.7 Å². The fourth-order valence-corrected chi connectivity index (χ4v) is 3.64. The minimum absolute atomic E-state index is 0.0300. The average molecular weight is 422 g/mol. The molecule has 9 heteroatoms. The van der Waals surface area contributed by atoms with Crippen LogP contribution in [0.3, 0.4) is 0 Å². The van der Waals surface area contributed by atoms with Gasteiger partial charge in [0.1, 0.15) is 6.61 Å². The second-order valence-corrected chi connectivity index (χ2v) is 7.47. The van der Waals surface area contributed by atoms with Crippen LogP contribution in [0, 0.1) is 0 Å². The number of carbonyl (C=O) groups is 1. The molecule has 0 saturated carbocycles. The Morgan fingerprint density at radius 1 is 1.23 bits per heavy atom. The molecule has 1 amide bonds. The van der Waals surface area contributed by atoms with Crippen molar-refractivity contribution in [2.24, 2.45) is 0 Å². The van der Waals surface area contributed by atoms with Gasteiger partial charge in [0.2, 0.25) is 11.9 Å². The molecule has 1 saturated heterocycles. The van der Waals surface area contributed by atoms with E-state index in [1.165, 1.54) is 19.2 Å². The fraction of sp³-hybridized carbons (Fsp3) is 0.476. The number of carbonyl (C=O) groups excluding carboxylic acids is 1. The normalized spacial score (nSPS) is 17.1. The number of halogens is 3. The zero-order valence-corrected chi connectivity index (χ0v) is 17.2. The maximum Gasteiger partial charge on any atom is 0.416 e. The second kappa shape index (κ2) is 8.99. The molecule has 0 spiro atoms. The fourth-order valence-electron chi connectivity index (χ4n) is 3.64. The van der Waals surface area contributed by atoms with Crippen molar-refractivity contribution in [2.75, 3.05) is 39.3 Å². The van der Waals surface area contributed by atoms with Crippen molar-refractivity contribution < 1.29 is 22.7 Å². The molecule has 0 aliphatic carbocycles. The van der Waals surface area contributed by atoms with E-state index in [0.717, 1.165) is 25.0 Å². The highest BCUT2D eigenvalue weighted by molar-refractivity contribution is 5.78. The van der Waals surface area contributed by atoms with Crippen LogP contribution in [-0.4, -0.2) is 55.1 Å². The van der Waals surface area contributed by atoms with E-state index < -0.39 is 11.7 Å². The number of hydrogen-bond donors (Lipinski definition) is 0. The van der Waals surface area contributed by atoms with Gasteiger partial charge in [0, 0.05) is 39.5 Å². The van der Waals surface area contributed by atoms with Gasteiger partial charge in [0.05, 0.1) is 17.3 Å². The van der Waals surface area contributed by atoms with Crippen LogP contribution in [0.15, 0.2) is 30.5 Å². The maximum atomic E-state index is 13.0. The number of methoxy groups -OCH3 is 1. The molecule has 2 aromatic rings. The molecule has 30 heavy (non-hydrogen) atoms. The van der Waals surface area contributed by atoms with Gasteiger partial charge in [-0.2, -0.15) is 13.2 Å². The van der Waals surface area contributed by atoms with Crippen molar-refractivity contribution in [1.82, 2.24) is 14.9 Å². The zero-order valence-electron chi connectivity index (χ0n) is 17.2. The number of hydrogen-bond acceptors (Lipinski definition) is 5. The molecule has 1 aliphatic heterocycles. The molecular formula is C21H25F3N4O2. The molecule has 0 bridgehead atoms. The van der Waals surface area contributed by atoms with Gasteiger partial charge in [-0.3, -0.25) is 4.79 Å². The Bertz CT molecular complexity index is 885. The topological polar surface area (TPSA) is 58.6 Å². The number of rotatable bonds is 5. The lowest BCUT2D eigenvalue weighted by atomic mass is 9.93. The molecule has 1 aromatic carbocycles. The van der Waals surface area contributed by atoms with E-state index in [2.05, 4.69) is 4.98 Å². The lowest BCUT2D eigenvalue weighted by Gasteiger charge is -2.36. The Kier molecular flexibility index (Phi) is 6.60. The van der Waals surface area contributed by atoms with Crippen LogP contribution >= 0.6 is 0 Å². The summed E-state index contributed by atoms with van der Waals surface area (Å²) in [5.41, 5.74) is 1.12. The minimum Gasteiger partial charge on any atom is -0.375 e. The Balaban J connectivity index is 2.07. The first-order valence-electron chi connectivity index (χ1n) is 9.72. The van der Waals surface area contributed by atoms with Gasteiger partial charge in [0.25, 0.3) is 0 Å². The van der Waals surface area contributed by atoms with Crippen molar-refractivity contribution in [1.29, 1.82) is 0 Å². The lowest BCUT2D eigenvalue weighted by molar-refractivity contribution is -0.139. The van der Waals surface area contributed by atoms with Gasteiger partial charge < -0.3 is 14.5 Å². The number of ether oxygens (including phenoxy) is 1. The summed E-state index contributed by atoms with van der Waals surface area (Å²) in [4.78, 5) is 25.2. The summed E-state index contributed by atoms with van der Waals surface area (Å²) in [5, 5.41) is 0. The smallest absolute Gasteiger partial charge is 0.375 e. The van der Waals surface area contributed by atoms with Gasteiger partial charge in [0.15, 0.2) is 0 Å². The second-order valence-electron chi connectivity index (χ2n) is 7.47. The largest absolute Gasteiger partial charge is 0.416 e. The van der Waals surface area contributed by atoms with Gasteiger partial charge in [-0.15, -0.1) is 0 Å². The summed E-state index contributed by atoms with van der Waals surface area (Å²) < 4.78 is 43.9. The molecule has 2 heterocycles. The number of piperidine rings is 1. The molecule has 1 atom stereocenters. The highest BCUT2D eigenvalue weighted by Gasteiger charge is 2.33. The van der Waals surface area contributed by atoms with E-state index in [1.54, 1.807) is 16.0 Å². The first-order chi connectivity index (χ1) is 14.2. The molecule has 0 radical (unpaired) electrons. The predicted octanol–water partition coefficient (Wildman–Crippen LogP) is 3.93. The molecular weight excluding hydrogens is 397 g/mol. The van der Waals surface area contributed by atoms with Gasteiger partial charge in [-0.25, -0.2) is 9.97 Å². The van der Waals surface area contributed by atoms with Crippen LogP contribution in [0.2, 0.25) is 0 Å². The molecule has 162 valence electrons. The van der Waals surface area contributed by atoms with E-state index in [9.17, 15) is 18.0 Å². The summed E-state index contributed by atoms with van der Waals surface area (Å²) in [6, 6.07) is 4.65. The van der Waals surface area contributed by atoms with Crippen molar-refractivity contribution in [3.05, 3.63) is 41.7 Å². The quantitative estimate of drug-likeness (QED) is 0.731. The number of benzene rings is 1. The van der Waals surface area contributed by atoms with Crippen molar-refractivity contribution in [3.8, 4) is 11.1 Å². The molecule has 0 unspecified atom stereocenters. The summed E-state index contributed by atoms with van der Waals surface area (Å²) in [6.45, 7) is 0.554.